The lowest BCUT2D eigenvalue weighted by atomic mass is 10.2. The molecule has 0 amide bonds. The van der Waals surface area contributed by atoms with Crippen molar-refractivity contribution in [1.82, 2.24) is 10.2 Å². The summed E-state index contributed by atoms with van der Waals surface area (Å²) in [7, 11) is 0. The highest BCUT2D eigenvalue weighted by atomic mass is 35.5. The van der Waals surface area contributed by atoms with Crippen molar-refractivity contribution in [2.24, 2.45) is 0 Å². The Bertz CT molecular complexity index is 680. The van der Waals surface area contributed by atoms with Gasteiger partial charge < -0.3 is 5.32 Å². The molecular weight excluding hydrogens is 290 g/mol. The van der Waals surface area contributed by atoms with Crippen LogP contribution < -0.4 is 5.32 Å². The molecule has 1 aromatic heterocycles. The van der Waals surface area contributed by atoms with Crippen molar-refractivity contribution < 1.29 is 0 Å². The minimum atomic E-state index is 0.748. The molecule has 0 aliphatic carbocycles. The smallest absolute Gasteiger partial charge is 0.210 e. The van der Waals surface area contributed by atoms with Crippen LogP contribution in [0, 0.1) is 0 Å². The zero-order valence-electron chi connectivity index (χ0n) is 10.6. The third-order valence-corrected chi connectivity index (χ3v) is 3.85. The van der Waals surface area contributed by atoms with Crippen LogP contribution in [0.1, 0.15) is 10.6 Å². The maximum Gasteiger partial charge on any atom is 0.210 e. The molecule has 100 valence electrons. The van der Waals surface area contributed by atoms with E-state index in [9.17, 15) is 0 Å². The molecule has 0 aliphatic heterocycles. The van der Waals surface area contributed by atoms with Crippen LogP contribution in [0.4, 0.5) is 10.8 Å². The summed E-state index contributed by atoms with van der Waals surface area (Å²) in [5, 5.41) is 14.1. The van der Waals surface area contributed by atoms with Crippen molar-refractivity contribution in [3.05, 3.63) is 70.2 Å². The molecule has 0 saturated carbocycles. The Hall–Kier alpha value is -1.91. The summed E-state index contributed by atoms with van der Waals surface area (Å²) in [5.41, 5.74) is 2.19. The highest BCUT2D eigenvalue weighted by Crippen LogP contribution is 2.22. The molecule has 0 radical (unpaired) electrons. The summed E-state index contributed by atoms with van der Waals surface area (Å²) in [6.45, 7) is 0. The molecule has 3 nitrogen and oxygen atoms in total. The maximum atomic E-state index is 5.87. The van der Waals surface area contributed by atoms with Gasteiger partial charge in [0.2, 0.25) is 5.13 Å². The molecular formula is C15H12ClN3S. The topological polar surface area (TPSA) is 37.8 Å². The average Bonchev–Trinajstić information content (AvgIpc) is 2.90. The van der Waals surface area contributed by atoms with Gasteiger partial charge in [-0.05, 0) is 29.8 Å². The van der Waals surface area contributed by atoms with Crippen molar-refractivity contribution >= 4 is 33.8 Å². The lowest BCUT2D eigenvalue weighted by Crippen LogP contribution is -1.88. The van der Waals surface area contributed by atoms with Gasteiger partial charge in [-0.2, -0.15) is 0 Å². The molecule has 5 heteroatoms. The Kier molecular flexibility index (Phi) is 3.95. The Morgan fingerprint density at radius 3 is 2.45 bits per heavy atom. The first-order valence-corrected chi connectivity index (χ1v) is 7.38. The number of para-hydroxylation sites is 1. The average molecular weight is 302 g/mol. The van der Waals surface area contributed by atoms with Crippen LogP contribution in [0.2, 0.25) is 5.02 Å². The maximum absolute atomic E-state index is 5.87. The van der Waals surface area contributed by atoms with Gasteiger partial charge in [0.25, 0.3) is 0 Å². The van der Waals surface area contributed by atoms with E-state index in [4.69, 9.17) is 11.6 Å². The molecule has 3 rings (SSSR count). The first kappa shape index (κ1) is 13.1. The predicted molar refractivity (Wildman–Crippen MR) is 83.9 cm³/mol. The zero-order chi connectivity index (χ0) is 13.8. The zero-order valence-corrected chi connectivity index (χ0v) is 12.2. The Balaban J connectivity index is 1.69. The van der Waals surface area contributed by atoms with Gasteiger partial charge in [0.05, 0.1) is 0 Å². The van der Waals surface area contributed by atoms with Crippen LogP contribution in [0.25, 0.3) is 0 Å². The van der Waals surface area contributed by atoms with E-state index in [0.717, 1.165) is 27.3 Å². The molecule has 0 saturated heterocycles. The van der Waals surface area contributed by atoms with Crippen molar-refractivity contribution in [2.75, 3.05) is 5.32 Å². The number of hydrogen-bond acceptors (Lipinski definition) is 4. The molecule has 1 heterocycles. The summed E-state index contributed by atoms with van der Waals surface area (Å²) in [5.74, 6) is 0. The first-order valence-electron chi connectivity index (χ1n) is 6.18. The number of aromatic nitrogens is 2. The van der Waals surface area contributed by atoms with Gasteiger partial charge in [-0.3, -0.25) is 0 Å². The molecule has 0 aliphatic rings. The van der Waals surface area contributed by atoms with Gasteiger partial charge in [-0.1, -0.05) is 53.3 Å². The largest absolute Gasteiger partial charge is 0.330 e. The number of rotatable bonds is 4. The second kappa shape index (κ2) is 6.03. The van der Waals surface area contributed by atoms with Crippen LogP contribution in [0.15, 0.2) is 54.6 Å². The fraction of sp³-hybridized carbons (Fsp3) is 0.0667. The summed E-state index contributed by atoms with van der Waals surface area (Å²) >= 11 is 7.43. The summed E-state index contributed by atoms with van der Waals surface area (Å²) in [6, 6.07) is 17.7. The monoisotopic (exact) mass is 301 g/mol. The predicted octanol–water partition coefficient (Wildman–Crippen LogP) is 4.53. The molecule has 0 unspecified atom stereocenters. The summed E-state index contributed by atoms with van der Waals surface area (Å²) in [6.07, 6.45) is 0.769. The molecule has 0 spiro atoms. The first-order chi connectivity index (χ1) is 9.79. The van der Waals surface area contributed by atoms with Crippen molar-refractivity contribution in [2.45, 2.75) is 6.42 Å². The number of nitrogens with one attached hydrogen (secondary N) is 1. The van der Waals surface area contributed by atoms with E-state index in [1.54, 1.807) is 11.3 Å². The molecule has 20 heavy (non-hydrogen) atoms. The lowest BCUT2D eigenvalue weighted by molar-refractivity contribution is 1.01. The second-order valence-electron chi connectivity index (χ2n) is 4.30. The number of anilines is 2. The van der Waals surface area contributed by atoms with Gasteiger partial charge in [0, 0.05) is 17.1 Å². The van der Waals surface area contributed by atoms with E-state index < -0.39 is 0 Å². The van der Waals surface area contributed by atoms with Crippen molar-refractivity contribution in [3.63, 3.8) is 0 Å². The van der Waals surface area contributed by atoms with E-state index in [-0.39, 0.29) is 0 Å². The molecule has 0 atom stereocenters. The molecule has 0 fully saturated rings. The summed E-state index contributed by atoms with van der Waals surface area (Å²) < 4.78 is 0. The van der Waals surface area contributed by atoms with E-state index >= 15 is 0 Å². The van der Waals surface area contributed by atoms with Crippen LogP contribution in [0.5, 0.6) is 0 Å². The Morgan fingerprint density at radius 2 is 1.70 bits per heavy atom. The highest BCUT2D eigenvalue weighted by Gasteiger charge is 2.05. The minimum absolute atomic E-state index is 0.748. The van der Waals surface area contributed by atoms with Crippen LogP contribution >= 0.6 is 22.9 Å². The quantitative estimate of drug-likeness (QED) is 0.769. The fourth-order valence-corrected chi connectivity index (χ4v) is 2.72. The molecule has 2 aromatic carbocycles. The standard InChI is InChI=1S/C15H12ClN3S/c16-12-8-6-11(7-9-12)10-14-18-19-15(20-14)17-13-4-2-1-3-5-13/h1-9H,10H2,(H,17,19). The van der Waals surface area contributed by atoms with E-state index in [1.165, 1.54) is 5.56 Å². The van der Waals surface area contributed by atoms with Crippen LogP contribution in [-0.2, 0) is 6.42 Å². The van der Waals surface area contributed by atoms with Crippen molar-refractivity contribution in [3.8, 4) is 0 Å². The number of benzene rings is 2. The van der Waals surface area contributed by atoms with E-state index in [2.05, 4.69) is 15.5 Å². The van der Waals surface area contributed by atoms with Crippen LogP contribution in [0.3, 0.4) is 0 Å². The number of nitrogens with zero attached hydrogens (tertiary/aromatic N) is 2. The second-order valence-corrected chi connectivity index (χ2v) is 5.79. The van der Waals surface area contributed by atoms with Gasteiger partial charge in [-0.25, -0.2) is 0 Å². The minimum Gasteiger partial charge on any atom is -0.330 e. The highest BCUT2D eigenvalue weighted by molar-refractivity contribution is 7.15. The van der Waals surface area contributed by atoms with Gasteiger partial charge in [0.15, 0.2) is 0 Å². The van der Waals surface area contributed by atoms with E-state index in [0.29, 0.717) is 0 Å². The fourth-order valence-electron chi connectivity index (χ4n) is 1.80. The normalized spacial score (nSPS) is 10.4. The van der Waals surface area contributed by atoms with Crippen molar-refractivity contribution in [1.29, 1.82) is 0 Å². The number of halogens is 1. The Labute approximate surface area is 126 Å². The van der Waals surface area contributed by atoms with Gasteiger partial charge in [0.1, 0.15) is 5.01 Å². The molecule has 1 N–H and O–H groups in total. The molecule has 3 aromatic rings. The number of hydrogen-bond donors (Lipinski definition) is 1. The SMILES string of the molecule is Clc1ccc(Cc2nnc(Nc3ccccc3)s2)cc1. The Morgan fingerprint density at radius 1 is 0.950 bits per heavy atom. The third kappa shape index (κ3) is 3.35. The van der Waals surface area contributed by atoms with Crippen LogP contribution in [-0.4, -0.2) is 10.2 Å². The third-order valence-electron chi connectivity index (χ3n) is 2.76. The van der Waals surface area contributed by atoms with Gasteiger partial charge >= 0.3 is 0 Å². The molecule has 0 bridgehead atoms. The van der Waals surface area contributed by atoms with Gasteiger partial charge in [-0.15, -0.1) is 10.2 Å². The van der Waals surface area contributed by atoms with E-state index in [1.807, 2.05) is 54.6 Å². The lowest BCUT2D eigenvalue weighted by Gasteiger charge is -1.99. The summed E-state index contributed by atoms with van der Waals surface area (Å²) in [4.78, 5) is 0.